The zero-order chi connectivity index (χ0) is 22.8. The van der Waals surface area contributed by atoms with Crippen LogP contribution in [0.5, 0.6) is 5.75 Å². The summed E-state index contributed by atoms with van der Waals surface area (Å²) in [6.45, 7) is 3.65. The molecule has 10 heteroatoms. The van der Waals surface area contributed by atoms with Crippen molar-refractivity contribution in [2.24, 2.45) is 4.99 Å². The molecule has 0 aromatic heterocycles. The van der Waals surface area contributed by atoms with Crippen LogP contribution >= 0.6 is 24.0 Å². The van der Waals surface area contributed by atoms with E-state index in [0.29, 0.717) is 31.4 Å². The van der Waals surface area contributed by atoms with Gasteiger partial charge in [-0.15, -0.1) is 24.0 Å². The Morgan fingerprint density at radius 3 is 2.55 bits per heavy atom. The third kappa shape index (κ3) is 8.45. The Morgan fingerprint density at radius 1 is 1.18 bits per heavy atom. The molecule has 0 spiro atoms. The number of halogens is 2. The summed E-state index contributed by atoms with van der Waals surface area (Å²) in [5, 5.41) is 8.97. The number of hydrogen-bond donors (Lipinski definition) is 3. The molecule has 1 fully saturated rings. The lowest BCUT2D eigenvalue weighted by atomic mass is 10.0. The van der Waals surface area contributed by atoms with E-state index in [2.05, 4.69) is 38.0 Å². The number of methoxy groups -OCH3 is 1. The molecule has 1 aliphatic heterocycles. The summed E-state index contributed by atoms with van der Waals surface area (Å²) in [6, 6.07) is 13.9. The molecular formula is C23H31FIN5O3. The standard InChI is InChI=1S/C23H30FN5O3.HI/c1-25-23(27-16-22(30)28-19-5-3-4-18(24)14-19)26-15-21(29-10-12-32-13-11-29)17-6-8-20(31-2)9-7-17;/h3-9,14,21H,10-13,15-16H2,1-2H3,(H,28,30)(H2,25,26,27);1H. The molecule has 1 atom stereocenters. The summed E-state index contributed by atoms with van der Waals surface area (Å²) < 4.78 is 24.1. The van der Waals surface area contributed by atoms with Gasteiger partial charge >= 0.3 is 0 Å². The van der Waals surface area contributed by atoms with Gasteiger partial charge in [-0.1, -0.05) is 18.2 Å². The maximum absolute atomic E-state index is 13.3. The van der Waals surface area contributed by atoms with Crippen LogP contribution in [0.2, 0.25) is 0 Å². The van der Waals surface area contributed by atoms with Crippen molar-refractivity contribution in [2.75, 3.05) is 58.9 Å². The topological polar surface area (TPSA) is 87.2 Å². The lowest BCUT2D eigenvalue weighted by molar-refractivity contribution is -0.115. The summed E-state index contributed by atoms with van der Waals surface area (Å²) in [4.78, 5) is 18.8. The fraction of sp³-hybridized carbons (Fsp3) is 0.391. The zero-order valence-electron chi connectivity index (χ0n) is 18.8. The molecule has 0 bridgehead atoms. The molecular weight excluding hydrogens is 540 g/mol. The van der Waals surface area contributed by atoms with E-state index in [-0.39, 0.29) is 42.5 Å². The van der Waals surface area contributed by atoms with Crippen molar-refractivity contribution in [3.63, 3.8) is 0 Å². The second-order valence-electron chi connectivity index (χ2n) is 7.30. The first-order chi connectivity index (χ1) is 15.6. The molecule has 1 heterocycles. The third-order valence-corrected chi connectivity index (χ3v) is 5.20. The minimum absolute atomic E-state index is 0. The molecule has 1 unspecified atom stereocenters. The van der Waals surface area contributed by atoms with Crippen LogP contribution in [0.15, 0.2) is 53.5 Å². The predicted octanol–water partition coefficient (Wildman–Crippen LogP) is 2.63. The molecule has 0 saturated carbocycles. The number of ether oxygens (including phenoxy) is 2. The highest BCUT2D eigenvalue weighted by Gasteiger charge is 2.23. The van der Waals surface area contributed by atoms with Crippen LogP contribution in [0.25, 0.3) is 0 Å². The van der Waals surface area contributed by atoms with Gasteiger partial charge in [0.1, 0.15) is 11.6 Å². The van der Waals surface area contributed by atoms with Crippen molar-refractivity contribution in [3.8, 4) is 5.75 Å². The Morgan fingerprint density at radius 2 is 1.91 bits per heavy atom. The Hall–Kier alpha value is -2.44. The Kier molecular flexibility index (Phi) is 11.3. The highest BCUT2D eigenvalue weighted by Crippen LogP contribution is 2.23. The molecule has 1 saturated heterocycles. The number of carbonyl (C=O) groups is 1. The van der Waals surface area contributed by atoms with E-state index >= 15 is 0 Å². The smallest absolute Gasteiger partial charge is 0.243 e. The van der Waals surface area contributed by atoms with Gasteiger partial charge in [-0.05, 0) is 35.9 Å². The minimum Gasteiger partial charge on any atom is -0.497 e. The summed E-state index contributed by atoms with van der Waals surface area (Å²) in [5.74, 6) is 0.620. The lowest BCUT2D eigenvalue weighted by Gasteiger charge is -2.35. The van der Waals surface area contributed by atoms with Crippen LogP contribution < -0.4 is 20.7 Å². The van der Waals surface area contributed by atoms with Crippen LogP contribution in [-0.4, -0.2) is 70.3 Å². The van der Waals surface area contributed by atoms with Gasteiger partial charge in [0, 0.05) is 32.4 Å². The fourth-order valence-electron chi connectivity index (χ4n) is 3.52. The van der Waals surface area contributed by atoms with Crippen molar-refractivity contribution in [2.45, 2.75) is 6.04 Å². The molecule has 0 aliphatic carbocycles. The molecule has 3 rings (SSSR count). The van der Waals surface area contributed by atoms with Crippen LogP contribution in [0.3, 0.4) is 0 Å². The Bertz CT molecular complexity index is 907. The molecule has 1 amide bonds. The van der Waals surface area contributed by atoms with Gasteiger partial charge < -0.3 is 25.4 Å². The van der Waals surface area contributed by atoms with E-state index in [9.17, 15) is 9.18 Å². The van der Waals surface area contributed by atoms with Crippen molar-refractivity contribution >= 4 is 41.5 Å². The largest absolute Gasteiger partial charge is 0.497 e. The molecule has 180 valence electrons. The average Bonchev–Trinajstić information content (AvgIpc) is 2.82. The monoisotopic (exact) mass is 571 g/mol. The highest BCUT2D eigenvalue weighted by molar-refractivity contribution is 14.0. The number of benzene rings is 2. The number of amides is 1. The van der Waals surface area contributed by atoms with Gasteiger partial charge in [-0.25, -0.2) is 4.39 Å². The number of guanidine groups is 1. The number of nitrogens with one attached hydrogen (secondary N) is 3. The van der Waals surface area contributed by atoms with Crippen LogP contribution in [0, 0.1) is 5.82 Å². The number of nitrogens with zero attached hydrogens (tertiary/aromatic N) is 2. The van der Waals surface area contributed by atoms with Crippen LogP contribution in [-0.2, 0) is 9.53 Å². The van der Waals surface area contributed by atoms with Gasteiger partial charge in [0.25, 0.3) is 0 Å². The zero-order valence-corrected chi connectivity index (χ0v) is 21.2. The van der Waals surface area contributed by atoms with Gasteiger partial charge in [0.2, 0.25) is 5.91 Å². The van der Waals surface area contributed by atoms with Crippen molar-refractivity contribution in [1.82, 2.24) is 15.5 Å². The number of hydrogen-bond acceptors (Lipinski definition) is 5. The highest BCUT2D eigenvalue weighted by atomic mass is 127. The van der Waals surface area contributed by atoms with Gasteiger partial charge in [-0.3, -0.25) is 14.7 Å². The average molecular weight is 571 g/mol. The third-order valence-electron chi connectivity index (χ3n) is 5.20. The van der Waals surface area contributed by atoms with E-state index in [4.69, 9.17) is 9.47 Å². The quantitative estimate of drug-likeness (QED) is 0.257. The second kappa shape index (κ2) is 14.0. The Labute approximate surface area is 210 Å². The van der Waals surface area contributed by atoms with Crippen molar-refractivity contribution < 1.29 is 18.7 Å². The molecule has 2 aromatic rings. The van der Waals surface area contributed by atoms with E-state index in [1.807, 2.05) is 12.1 Å². The maximum atomic E-state index is 13.3. The van der Waals surface area contributed by atoms with E-state index in [1.165, 1.54) is 12.1 Å². The van der Waals surface area contributed by atoms with Crippen molar-refractivity contribution in [1.29, 1.82) is 0 Å². The number of carbonyl (C=O) groups excluding carboxylic acids is 1. The predicted molar refractivity (Wildman–Crippen MR) is 138 cm³/mol. The fourth-order valence-corrected chi connectivity index (χ4v) is 3.52. The van der Waals surface area contributed by atoms with E-state index in [1.54, 1.807) is 26.3 Å². The molecule has 8 nitrogen and oxygen atoms in total. The number of anilines is 1. The molecule has 1 aliphatic rings. The van der Waals surface area contributed by atoms with Crippen molar-refractivity contribution in [3.05, 3.63) is 59.9 Å². The second-order valence-corrected chi connectivity index (χ2v) is 7.30. The van der Waals surface area contributed by atoms with Gasteiger partial charge in [0.05, 0.1) is 32.9 Å². The first kappa shape index (κ1) is 26.8. The first-order valence-electron chi connectivity index (χ1n) is 10.5. The van der Waals surface area contributed by atoms with Crippen LogP contribution in [0.4, 0.5) is 10.1 Å². The summed E-state index contributed by atoms with van der Waals surface area (Å²) in [6.07, 6.45) is 0. The SMILES string of the molecule is CN=C(NCC(=O)Nc1cccc(F)c1)NCC(c1ccc(OC)cc1)N1CCOCC1.I. The summed E-state index contributed by atoms with van der Waals surface area (Å²) >= 11 is 0. The normalized spacial score (nSPS) is 15.2. The minimum atomic E-state index is -0.402. The maximum Gasteiger partial charge on any atom is 0.243 e. The summed E-state index contributed by atoms with van der Waals surface area (Å²) in [5.41, 5.74) is 1.56. The molecule has 3 N–H and O–H groups in total. The van der Waals surface area contributed by atoms with Gasteiger partial charge in [-0.2, -0.15) is 0 Å². The molecule has 0 radical (unpaired) electrons. The van der Waals surface area contributed by atoms with E-state index in [0.717, 1.165) is 24.4 Å². The Balaban J connectivity index is 0.00000385. The number of rotatable bonds is 8. The first-order valence-corrected chi connectivity index (χ1v) is 10.5. The lowest BCUT2D eigenvalue weighted by Crippen LogP contribution is -2.47. The van der Waals surface area contributed by atoms with Gasteiger partial charge in [0.15, 0.2) is 5.96 Å². The summed E-state index contributed by atoms with van der Waals surface area (Å²) in [7, 11) is 3.30. The molecule has 2 aromatic carbocycles. The number of morpholine rings is 1. The molecule has 33 heavy (non-hydrogen) atoms. The number of aliphatic imine (C=N–C) groups is 1. The van der Waals surface area contributed by atoms with E-state index < -0.39 is 5.82 Å². The van der Waals surface area contributed by atoms with Crippen LogP contribution in [0.1, 0.15) is 11.6 Å².